The van der Waals surface area contributed by atoms with Crippen LogP contribution in [0.5, 0.6) is 0 Å². The Labute approximate surface area is 185 Å². The molecule has 2 rings (SSSR count). The van der Waals surface area contributed by atoms with Gasteiger partial charge in [0.25, 0.3) is 5.91 Å². The molecule has 1 amide bonds. The smallest absolute Gasteiger partial charge is 0.270 e. The zero-order chi connectivity index (χ0) is 22.8. The number of allylic oxidation sites excluding steroid dienone is 2. The highest BCUT2D eigenvalue weighted by Crippen LogP contribution is 2.14. The first kappa shape index (κ1) is 24.0. The number of benzene rings is 2. The Balaban J connectivity index is 2.16. The molecule has 2 aromatic rings. The third kappa shape index (κ3) is 6.91. The SMILES string of the molecule is C=C/C=C(\NC)c1ccc(C#Cc2ccc(C(P)=NC(C(=O)NO)C(C)O)cc2)cc1. The number of carbonyl (C=O) groups is 1. The molecule has 0 aliphatic carbocycles. The van der Waals surface area contributed by atoms with Gasteiger partial charge in [0.05, 0.1) is 11.6 Å². The second-order valence-electron chi connectivity index (χ2n) is 6.65. The first-order valence-corrected chi connectivity index (χ1v) is 10.2. The van der Waals surface area contributed by atoms with E-state index in [0.717, 1.165) is 28.0 Å². The number of aliphatic hydroxyl groups is 1. The van der Waals surface area contributed by atoms with E-state index in [1.165, 1.54) is 12.4 Å². The van der Waals surface area contributed by atoms with Gasteiger partial charge < -0.3 is 10.4 Å². The normalized spacial score (nSPS) is 13.5. The van der Waals surface area contributed by atoms with Crippen molar-refractivity contribution in [1.82, 2.24) is 10.8 Å². The number of carbonyl (C=O) groups excluding carboxylic acids is 1. The van der Waals surface area contributed by atoms with Gasteiger partial charge in [-0.1, -0.05) is 58.0 Å². The lowest BCUT2D eigenvalue weighted by molar-refractivity contribution is -0.132. The van der Waals surface area contributed by atoms with Gasteiger partial charge in [0.2, 0.25) is 0 Å². The summed E-state index contributed by atoms with van der Waals surface area (Å²) in [6.45, 7) is 5.15. The van der Waals surface area contributed by atoms with E-state index in [2.05, 4.69) is 38.0 Å². The van der Waals surface area contributed by atoms with Crippen LogP contribution in [-0.2, 0) is 4.79 Å². The zero-order valence-electron chi connectivity index (χ0n) is 17.5. The molecule has 0 heterocycles. The van der Waals surface area contributed by atoms with Crippen molar-refractivity contribution in [2.45, 2.75) is 19.1 Å². The predicted molar refractivity (Wildman–Crippen MR) is 128 cm³/mol. The maximum absolute atomic E-state index is 11.6. The van der Waals surface area contributed by atoms with Crippen LogP contribution in [0.2, 0.25) is 0 Å². The summed E-state index contributed by atoms with van der Waals surface area (Å²) in [5, 5.41) is 21.6. The number of nitrogens with zero attached hydrogens (tertiary/aromatic N) is 1. The van der Waals surface area contributed by atoms with Gasteiger partial charge >= 0.3 is 0 Å². The molecule has 0 aliphatic rings. The van der Waals surface area contributed by atoms with Crippen molar-refractivity contribution in [3.05, 3.63) is 89.5 Å². The second-order valence-corrected chi connectivity index (χ2v) is 7.19. The van der Waals surface area contributed by atoms with E-state index >= 15 is 0 Å². The van der Waals surface area contributed by atoms with Crippen molar-refractivity contribution in [1.29, 1.82) is 0 Å². The molecule has 4 N–H and O–H groups in total. The third-order valence-electron chi connectivity index (χ3n) is 4.40. The molecule has 2 aromatic carbocycles. The molecule has 0 radical (unpaired) electrons. The van der Waals surface area contributed by atoms with E-state index in [1.54, 1.807) is 6.08 Å². The summed E-state index contributed by atoms with van der Waals surface area (Å²) < 4.78 is 0. The summed E-state index contributed by atoms with van der Waals surface area (Å²) in [4.78, 5) is 15.8. The van der Waals surface area contributed by atoms with Gasteiger partial charge in [-0.3, -0.25) is 15.0 Å². The first-order chi connectivity index (χ1) is 14.9. The summed E-state index contributed by atoms with van der Waals surface area (Å²) in [7, 11) is 4.30. The highest BCUT2D eigenvalue weighted by Gasteiger charge is 2.22. The van der Waals surface area contributed by atoms with Crippen molar-refractivity contribution in [2.75, 3.05) is 7.05 Å². The van der Waals surface area contributed by atoms with Gasteiger partial charge in [-0.05, 0) is 48.4 Å². The van der Waals surface area contributed by atoms with Gasteiger partial charge in [0, 0.05) is 23.9 Å². The molecule has 6 nitrogen and oxygen atoms in total. The Kier molecular flexibility index (Phi) is 9.17. The molecule has 0 saturated heterocycles. The number of hydrogen-bond donors (Lipinski definition) is 4. The van der Waals surface area contributed by atoms with Crippen LogP contribution in [0, 0.1) is 11.8 Å². The quantitative estimate of drug-likeness (QED) is 0.134. The van der Waals surface area contributed by atoms with E-state index in [0.29, 0.717) is 5.45 Å². The minimum Gasteiger partial charge on any atom is -0.391 e. The molecule has 0 saturated carbocycles. The van der Waals surface area contributed by atoms with Crippen molar-refractivity contribution in [3.8, 4) is 11.8 Å². The number of rotatable bonds is 7. The number of hydrogen-bond acceptors (Lipinski definition) is 5. The van der Waals surface area contributed by atoms with E-state index in [-0.39, 0.29) is 0 Å². The molecule has 0 spiro atoms. The number of aliphatic hydroxyl groups excluding tert-OH is 1. The van der Waals surface area contributed by atoms with Crippen molar-refractivity contribution in [3.63, 3.8) is 0 Å². The molecule has 0 aliphatic heterocycles. The van der Waals surface area contributed by atoms with E-state index in [1.807, 2.05) is 61.7 Å². The Bertz CT molecular complexity index is 1030. The largest absolute Gasteiger partial charge is 0.391 e. The third-order valence-corrected chi connectivity index (χ3v) is 4.88. The molecule has 0 fully saturated rings. The lowest BCUT2D eigenvalue weighted by Crippen LogP contribution is -2.38. The van der Waals surface area contributed by atoms with Crippen molar-refractivity contribution < 1.29 is 15.1 Å². The number of aliphatic imine (C=N–C) groups is 1. The predicted octanol–water partition coefficient (Wildman–Crippen LogP) is 2.71. The van der Waals surface area contributed by atoms with Crippen LogP contribution in [0.25, 0.3) is 5.70 Å². The summed E-state index contributed by atoms with van der Waals surface area (Å²) >= 11 is 0. The van der Waals surface area contributed by atoms with Gasteiger partial charge in [-0.25, -0.2) is 5.48 Å². The number of amides is 1. The fourth-order valence-corrected chi connectivity index (χ4v) is 3.07. The Morgan fingerprint density at radius 3 is 2.03 bits per heavy atom. The average molecular weight is 435 g/mol. The minimum absolute atomic E-state index is 0.484. The lowest BCUT2D eigenvalue weighted by Gasteiger charge is -2.14. The molecule has 0 aromatic heterocycles. The van der Waals surface area contributed by atoms with Crippen LogP contribution in [0.4, 0.5) is 0 Å². The molecular formula is C24H26N3O3P. The number of nitrogens with one attached hydrogen (secondary N) is 2. The fourth-order valence-electron chi connectivity index (χ4n) is 2.72. The van der Waals surface area contributed by atoms with Crippen LogP contribution >= 0.6 is 9.24 Å². The summed E-state index contributed by atoms with van der Waals surface area (Å²) in [6, 6.07) is 14.2. The van der Waals surface area contributed by atoms with E-state index in [9.17, 15) is 9.90 Å². The van der Waals surface area contributed by atoms with Crippen LogP contribution in [0.15, 0.2) is 72.3 Å². The molecule has 0 bridgehead atoms. The van der Waals surface area contributed by atoms with Crippen LogP contribution in [-0.4, -0.2) is 40.9 Å². The molecule has 31 heavy (non-hydrogen) atoms. The highest BCUT2D eigenvalue weighted by atomic mass is 31.0. The summed E-state index contributed by atoms with van der Waals surface area (Å²) in [5.41, 5.74) is 6.51. The molecule has 160 valence electrons. The monoisotopic (exact) mass is 435 g/mol. The standard InChI is InChI=1S/C24H26N3O3P/c1-4-5-21(25-3)19-12-8-17(9-13-19)6-7-18-10-14-20(15-11-18)24(31)26-22(16(2)28)23(29)27-30/h4-5,8-16,22,25,28,30H,1,31H2,2-3H3,(H,27,29)/b21-5-,26-24?. The zero-order valence-corrected chi connectivity index (χ0v) is 18.6. The Morgan fingerprint density at radius 2 is 1.61 bits per heavy atom. The van der Waals surface area contributed by atoms with Gasteiger partial charge in [-0.2, -0.15) is 0 Å². The van der Waals surface area contributed by atoms with Crippen molar-refractivity contribution in [2.24, 2.45) is 4.99 Å². The average Bonchev–Trinajstić information content (AvgIpc) is 2.79. The van der Waals surface area contributed by atoms with E-state index in [4.69, 9.17) is 5.21 Å². The Morgan fingerprint density at radius 1 is 1.10 bits per heavy atom. The molecule has 7 heteroatoms. The van der Waals surface area contributed by atoms with Gasteiger partial charge in [0.15, 0.2) is 6.04 Å². The lowest BCUT2D eigenvalue weighted by atomic mass is 10.1. The minimum atomic E-state index is -1.11. The summed E-state index contributed by atoms with van der Waals surface area (Å²) in [5.74, 6) is 5.48. The maximum Gasteiger partial charge on any atom is 0.270 e. The van der Waals surface area contributed by atoms with Gasteiger partial charge in [-0.15, -0.1) is 0 Å². The highest BCUT2D eigenvalue weighted by molar-refractivity contribution is 7.42. The molecule has 3 atom stereocenters. The maximum atomic E-state index is 11.6. The molecular weight excluding hydrogens is 409 g/mol. The van der Waals surface area contributed by atoms with Crippen LogP contribution in [0.1, 0.15) is 29.2 Å². The number of hydroxylamine groups is 1. The fraction of sp³-hybridized carbons (Fsp3) is 0.167. The van der Waals surface area contributed by atoms with E-state index < -0.39 is 18.1 Å². The second kappa shape index (κ2) is 11.8. The Hall–Kier alpha value is -3.23. The first-order valence-electron chi connectivity index (χ1n) is 9.58. The van der Waals surface area contributed by atoms with Crippen LogP contribution < -0.4 is 10.8 Å². The van der Waals surface area contributed by atoms with Crippen molar-refractivity contribution >= 4 is 26.3 Å². The van der Waals surface area contributed by atoms with Gasteiger partial charge in [0.1, 0.15) is 0 Å². The molecule has 3 unspecified atom stereocenters. The summed E-state index contributed by atoms with van der Waals surface area (Å²) in [6.07, 6.45) is 2.60. The van der Waals surface area contributed by atoms with Crippen LogP contribution in [0.3, 0.4) is 0 Å². The topological polar surface area (TPSA) is 94.0 Å².